The summed E-state index contributed by atoms with van der Waals surface area (Å²) in [6, 6.07) is 5.43. The fourth-order valence-electron chi connectivity index (χ4n) is 1.26. The number of aliphatic hydroxyl groups excluding tert-OH is 1. The lowest BCUT2D eigenvalue weighted by atomic mass is 9.83. The molecular weight excluding hydrogens is 277 g/mol. The zero-order valence-electron chi connectivity index (χ0n) is 8.80. The molecule has 15 heavy (non-hydrogen) atoms. The molecule has 1 aromatic carbocycles. The van der Waals surface area contributed by atoms with Gasteiger partial charge in [0.05, 0.1) is 6.10 Å². The predicted molar refractivity (Wildman–Crippen MR) is 66.9 cm³/mol. The minimum atomic E-state index is -0.660. The summed E-state index contributed by atoms with van der Waals surface area (Å²) in [7, 11) is 0. The molecule has 0 aliphatic carbocycles. The highest BCUT2D eigenvalue weighted by molar-refractivity contribution is 9.10. The largest absolute Gasteiger partial charge is 0.388 e. The third-order valence-electron chi connectivity index (χ3n) is 2.52. The Balaban J connectivity index is 3.10. The molecular formula is C11H15BrClNO. The van der Waals surface area contributed by atoms with E-state index >= 15 is 0 Å². The second-order valence-corrected chi connectivity index (χ2v) is 5.58. The van der Waals surface area contributed by atoms with E-state index in [2.05, 4.69) is 15.9 Å². The van der Waals surface area contributed by atoms with Gasteiger partial charge >= 0.3 is 0 Å². The highest BCUT2D eigenvalue weighted by atomic mass is 79.9. The highest BCUT2D eigenvalue weighted by Crippen LogP contribution is 2.36. The smallest absolute Gasteiger partial charge is 0.0867 e. The molecule has 2 nitrogen and oxygen atoms in total. The van der Waals surface area contributed by atoms with Gasteiger partial charge in [-0.3, -0.25) is 0 Å². The fraction of sp³-hybridized carbons (Fsp3) is 0.455. The topological polar surface area (TPSA) is 46.2 Å². The van der Waals surface area contributed by atoms with E-state index in [1.165, 1.54) is 0 Å². The number of benzene rings is 1. The minimum absolute atomic E-state index is 0.384. The summed E-state index contributed by atoms with van der Waals surface area (Å²) in [4.78, 5) is 0. The SMILES string of the molecule is CC(C)(CN)C(O)c1cc(Br)ccc1Cl. The number of hydrogen-bond donors (Lipinski definition) is 2. The normalized spacial score (nSPS) is 14.0. The van der Waals surface area contributed by atoms with E-state index in [-0.39, 0.29) is 5.41 Å². The molecule has 0 saturated heterocycles. The van der Waals surface area contributed by atoms with Crippen LogP contribution in [0.1, 0.15) is 25.5 Å². The van der Waals surface area contributed by atoms with Crippen LogP contribution >= 0.6 is 27.5 Å². The molecule has 1 rings (SSSR count). The number of hydrogen-bond acceptors (Lipinski definition) is 2. The molecule has 0 spiro atoms. The van der Waals surface area contributed by atoms with Crippen molar-refractivity contribution in [3.05, 3.63) is 33.3 Å². The van der Waals surface area contributed by atoms with E-state index in [0.29, 0.717) is 17.1 Å². The Kier molecular flexibility index (Phi) is 4.18. The van der Waals surface area contributed by atoms with E-state index in [1.807, 2.05) is 26.0 Å². The Morgan fingerprint density at radius 1 is 1.53 bits per heavy atom. The van der Waals surface area contributed by atoms with E-state index in [1.54, 1.807) is 6.07 Å². The standard InChI is InChI=1S/C11H15BrClNO/c1-11(2,6-14)10(15)8-5-7(12)3-4-9(8)13/h3-5,10,15H,6,14H2,1-2H3. The summed E-state index contributed by atoms with van der Waals surface area (Å²) in [6.45, 7) is 4.22. The van der Waals surface area contributed by atoms with Crippen LogP contribution in [0, 0.1) is 5.41 Å². The van der Waals surface area contributed by atoms with Crippen molar-refractivity contribution in [2.45, 2.75) is 20.0 Å². The third-order valence-corrected chi connectivity index (χ3v) is 3.36. The molecule has 0 fully saturated rings. The minimum Gasteiger partial charge on any atom is -0.388 e. The van der Waals surface area contributed by atoms with E-state index in [9.17, 15) is 5.11 Å². The molecule has 4 heteroatoms. The number of aliphatic hydroxyl groups is 1. The molecule has 0 saturated carbocycles. The summed E-state index contributed by atoms with van der Waals surface area (Å²) in [6.07, 6.45) is -0.660. The van der Waals surface area contributed by atoms with Crippen molar-refractivity contribution < 1.29 is 5.11 Å². The first-order chi connectivity index (χ1) is 6.88. The van der Waals surface area contributed by atoms with Crippen molar-refractivity contribution in [2.24, 2.45) is 11.1 Å². The van der Waals surface area contributed by atoms with Crippen molar-refractivity contribution in [3.8, 4) is 0 Å². The van der Waals surface area contributed by atoms with Crippen LogP contribution in [0.5, 0.6) is 0 Å². The van der Waals surface area contributed by atoms with Gasteiger partial charge in [-0.05, 0) is 18.2 Å². The monoisotopic (exact) mass is 291 g/mol. The second kappa shape index (κ2) is 4.83. The summed E-state index contributed by atoms with van der Waals surface area (Å²) < 4.78 is 0.897. The number of halogens is 2. The van der Waals surface area contributed by atoms with Gasteiger partial charge in [0.25, 0.3) is 0 Å². The lowest BCUT2D eigenvalue weighted by Gasteiger charge is -2.29. The van der Waals surface area contributed by atoms with Gasteiger partial charge in [-0.1, -0.05) is 41.4 Å². The zero-order valence-corrected chi connectivity index (χ0v) is 11.1. The summed E-state index contributed by atoms with van der Waals surface area (Å²) in [5, 5.41) is 10.7. The lowest BCUT2D eigenvalue weighted by Crippen LogP contribution is -2.30. The first-order valence-electron chi connectivity index (χ1n) is 4.71. The third kappa shape index (κ3) is 2.94. The Morgan fingerprint density at radius 2 is 2.13 bits per heavy atom. The van der Waals surface area contributed by atoms with E-state index in [0.717, 1.165) is 4.47 Å². The van der Waals surface area contributed by atoms with Crippen LogP contribution in [0.2, 0.25) is 5.02 Å². The van der Waals surface area contributed by atoms with Gasteiger partial charge in [0.2, 0.25) is 0 Å². The Hall–Kier alpha value is -0.0900. The molecule has 0 amide bonds. The van der Waals surface area contributed by atoms with Gasteiger partial charge in [0, 0.05) is 27.0 Å². The van der Waals surface area contributed by atoms with Crippen LogP contribution in [0.4, 0.5) is 0 Å². The molecule has 0 heterocycles. The molecule has 84 valence electrons. The molecule has 0 bridgehead atoms. The molecule has 0 aliphatic rings. The average molecular weight is 293 g/mol. The van der Waals surface area contributed by atoms with Gasteiger partial charge < -0.3 is 10.8 Å². The van der Waals surface area contributed by atoms with Crippen LogP contribution in [0.25, 0.3) is 0 Å². The molecule has 0 radical (unpaired) electrons. The summed E-state index contributed by atoms with van der Waals surface area (Å²) >= 11 is 9.38. The van der Waals surface area contributed by atoms with E-state index in [4.69, 9.17) is 17.3 Å². The summed E-state index contributed by atoms with van der Waals surface area (Å²) in [5.74, 6) is 0. The molecule has 1 atom stereocenters. The van der Waals surface area contributed by atoms with Gasteiger partial charge in [-0.15, -0.1) is 0 Å². The van der Waals surface area contributed by atoms with Crippen molar-refractivity contribution in [2.75, 3.05) is 6.54 Å². The quantitative estimate of drug-likeness (QED) is 0.899. The van der Waals surface area contributed by atoms with Crippen LogP contribution in [0.15, 0.2) is 22.7 Å². The lowest BCUT2D eigenvalue weighted by molar-refractivity contribution is 0.0555. The molecule has 0 aliphatic heterocycles. The van der Waals surface area contributed by atoms with Crippen LogP contribution in [-0.2, 0) is 0 Å². The van der Waals surface area contributed by atoms with Crippen molar-refractivity contribution in [3.63, 3.8) is 0 Å². The maximum atomic E-state index is 10.2. The first-order valence-corrected chi connectivity index (χ1v) is 5.88. The fourth-order valence-corrected chi connectivity index (χ4v) is 1.86. The Morgan fingerprint density at radius 3 is 2.67 bits per heavy atom. The van der Waals surface area contributed by atoms with Crippen molar-refractivity contribution >= 4 is 27.5 Å². The Labute approximate surface area is 104 Å². The maximum absolute atomic E-state index is 10.2. The van der Waals surface area contributed by atoms with Crippen molar-refractivity contribution in [1.29, 1.82) is 0 Å². The highest BCUT2D eigenvalue weighted by Gasteiger charge is 2.29. The molecule has 1 aromatic rings. The zero-order chi connectivity index (χ0) is 11.6. The maximum Gasteiger partial charge on any atom is 0.0867 e. The molecule has 0 aromatic heterocycles. The number of nitrogens with two attached hydrogens (primary N) is 1. The molecule has 1 unspecified atom stereocenters. The van der Waals surface area contributed by atoms with Gasteiger partial charge in [-0.25, -0.2) is 0 Å². The van der Waals surface area contributed by atoms with Crippen molar-refractivity contribution in [1.82, 2.24) is 0 Å². The predicted octanol–water partition coefficient (Wildman–Crippen LogP) is 3.12. The van der Waals surface area contributed by atoms with Gasteiger partial charge in [0.15, 0.2) is 0 Å². The first kappa shape index (κ1) is 13.0. The summed E-state index contributed by atoms with van der Waals surface area (Å²) in [5.41, 5.74) is 5.94. The van der Waals surface area contributed by atoms with Gasteiger partial charge in [0.1, 0.15) is 0 Å². The van der Waals surface area contributed by atoms with Crippen LogP contribution in [0.3, 0.4) is 0 Å². The average Bonchev–Trinajstić information content (AvgIpc) is 2.20. The van der Waals surface area contributed by atoms with Crippen LogP contribution in [-0.4, -0.2) is 11.7 Å². The van der Waals surface area contributed by atoms with Gasteiger partial charge in [-0.2, -0.15) is 0 Å². The number of rotatable bonds is 3. The van der Waals surface area contributed by atoms with Crippen LogP contribution < -0.4 is 5.73 Å². The second-order valence-electron chi connectivity index (χ2n) is 4.26. The molecule has 3 N–H and O–H groups in total. The van der Waals surface area contributed by atoms with E-state index < -0.39 is 6.10 Å². The Bertz CT molecular complexity index is 354.